The van der Waals surface area contributed by atoms with Crippen LogP contribution in [0.5, 0.6) is 0 Å². The molecule has 0 aliphatic carbocycles. The lowest BCUT2D eigenvalue weighted by Gasteiger charge is -2.43. The van der Waals surface area contributed by atoms with E-state index in [1.54, 1.807) is 0 Å². The van der Waals surface area contributed by atoms with E-state index in [4.69, 9.17) is 4.43 Å². The van der Waals surface area contributed by atoms with Crippen LogP contribution in [0, 0.1) is 0 Å². The van der Waals surface area contributed by atoms with Crippen molar-refractivity contribution in [3.63, 3.8) is 0 Å². The third kappa shape index (κ3) is 2.65. The maximum absolute atomic E-state index is 12.6. The summed E-state index contributed by atoms with van der Waals surface area (Å²) in [6, 6.07) is 7.58. The normalized spacial score (nSPS) is 22.1. The first-order valence-electron chi connectivity index (χ1n) is 7.36. The first kappa shape index (κ1) is 16.2. The largest absolute Gasteiger partial charge is 0.399 e. The van der Waals surface area contributed by atoms with E-state index in [1.807, 2.05) is 24.3 Å². The summed E-state index contributed by atoms with van der Waals surface area (Å²) in [7, 11) is -2.16. The van der Waals surface area contributed by atoms with E-state index in [9.17, 15) is 9.90 Å². The van der Waals surface area contributed by atoms with Crippen molar-refractivity contribution in [3.05, 3.63) is 29.8 Å². The smallest absolute Gasteiger partial charge is 0.260 e. The number of amides is 1. The summed E-state index contributed by atoms with van der Waals surface area (Å²) >= 11 is 0. The first-order valence-corrected chi connectivity index (χ1v) is 10.3. The molecule has 0 fully saturated rings. The van der Waals surface area contributed by atoms with Crippen LogP contribution in [-0.2, 0) is 14.8 Å². The second-order valence-corrected chi connectivity index (χ2v) is 11.9. The van der Waals surface area contributed by atoms with Gasteiger partial charge in [0.05, 0.1) is 0 Å². The molecule has 0 saturated heterocycles. The second-order valence-electron chi connectivity index (χ2n) is 7.16. The van der Waals surface area contributed by atoms with Crippen LogP contribution >= 0.6 is 0 Å². The summed E-state index contributed by atoms with van der Waals surface area (Å²) in [5, 5.41) is 12.4. The van der Waals surface area contributed by atoms with Gasteiger partial charge in [0.1, 0.15) is 0 Å². The van der Waals surface area contributed by atoms with Crippen LogP contribution in [0.2, 0.25) is 18.1 Å². The molecule has 0 spiro atoms. The van der Waals surface area contributed by atoms with Gasteiger partial charge in [0.15, 0.2) is 13.9 Å². The molecular weight excluding hydrogens is 282 g/mol. The van der Waals surface area contributed by atoms with Gasteiger partial charge in [-0.25, -0.2) is 0 Å². The van der Waals surface area contributed by atoms with Gasteiger partial charge in [-0.2, -0.15) is 0 Å². The minimum absolute atomic E-state index is 0.00668. The van der Waals surface area contributed by atoms with Gasteiger partial charge in [-0.3, -0.25) is 4.79 Å². The van der Waals surface area contributed by atoms with Crippen molar-refractivity contribution in [1.82, 2.24) is 0 Å². The number of carbonyl (C=O) groups excluding carboxylic acids is 1. The molecule has 1 heterocycles. The zero-order chi connectivity index (χ0) is 15.9. The predicted molar refractivity (Wildman–Crippen MR) is 86.7 cm³/mol. The average Bonchev–Trinajstić information content (AvgIpc) is 2.61. The van der Waals surface area contributed by atoms with Gasteiger partial charge in [0.2, 0.25) is 0 Å². The van der Waals surface area contributed by atoms with Crippen LogP contribution in [0.3, 0.4) is 0 Å². The van der Waals surface area contributed by atoms with Gasteiger partial charge in [-0.1, -0.05) is 39.0 Å². The van der Waals surface area contributed by atoms with Crippen molar-refractivity contribution in [2.45, 2.75) is 50.9 Å². The number of hydrogen-bond acceptors (Lipinski definition) is 3. The number of anilines is 1. The number of nitrogens with one attached hydrogen (secondary N) is 1. The Labute approximate surface area is 127 Å². The maximum atomic E-state index is 12.6. The molecule has 0 aromatic heterocycles. The number of benzene rings is 1. The molecule has 1 aromatic rings. The first-order chi connectivity index (χ1) is 9.64. The van der Waals surface area contributed by atoms with Crippen LogP contribution in [0.1, 0.15) is 32.8 Å². The number of aliphatic hydroxyl groups excluding tert-OH is 1. The monoisotopic (exact) mass is 307 g/mol. The van der Waals surface area contributed by atoms with Crippen LogP contribution in [0.15, 0.2) is 24.3 Å². The molecule has 4 nitrogen and oxygen atoms in total. The van der Waals surface area contributed by atoms with Crippen LogP contribution in [0.4, 0.5) is 5.69 Å². The Bertz CT molecular complexity index is 551. The fraction of sp³-hybridized carbons (Fsp3) is 0.562. The predicted octanol–water partition coefficient (Wildman–Crippen LogP) is 3.24. The number of rotatable bonds is 4. The number of para-hydroxylation sites is 1. The Morgan fingerprint density at radius 2 is 1.90 bits per heavy atom. The summed E-state index contributed by atoms with van der Waals surface area (Å²) in [5.41, 5.74) is 0.567. The lowest BCUT2D eigenvalue weighted by atomic mass is 9.92. The molecule has 116 valence electrons. The van der Waals surface area contributed by atoms with E-state index >= 15 is 0 Å². The highest BCUT2D eigenvalue weighted by Crippen LogP contribution is 2.47. The Hall–Kier alpha value is -1.17. The van der Waals surface area contributed by atoms with E-state index < -0.39 is 13.9 Å². The van der Waals surface area contributed by atoms with E-state index in [-0.39, 0.29) is 24.0 Å². The molecule has 2 N–H and O–H groups in total. The molecule has 0 saturated carbocycles. The molecule has 1 atom stereocenters. The van der Waals surface area contributed by atoms with Crippen LogP contribution in [-0.4, -0.2) is 25.9 Å². The number of hydrogen-bond donors (Lipinski definition) is 2. The number of carbonyl (C=O) groups is 1. The molecular formula is C16H25NO3Si. The quantitative estimate of drug-likeness (QED) is 0.840. The van der Waals surface area contributed by atoms with Crippen molar-refractivity contribution in [3.8, 4) is 0 Å². The number of aliphatic hydroxyl groups is 1. The molecule has 1 aromatic carbocycles. The van der Waals surface area contributed by atoms with E-state index in [1.165, 1.54) is 0 Å². The van der Waals surface area contributed by atoms with Gasteiger partial charge in [0, 0.05) is 24.3 Å². The Balaban J connectivity index is 2.50. The number of fused-ring (bicyclic) bond motifs is 1. The fourth-order valence-corrected chi connectivity index (χ4v) is 3.92. The molecule has 1 aliphatic heterocycles. The lowest BCUT2D eigenvalue weighted by Crippen LogP contribution is -2.51. The van der Waals surface area contributed by atoms with Crippen LogP contribution < -0.4 is 5.32 Å². The van der Waals surface area contributed by atoms with Crippen LogP contribution in [0.25, 0.3) is 0 Å². The molecule has 5 heteroatoms. The molecule has 0 radical (unpaired) electrons. The van der Waals surface area contributed by atoms with Gasteiger partial charge >= 0.3 is 0 Å². The van der Waals surface area contributed by atoms with Crippen molar-refractivity contribution >= 4 is 19.9 Å². The highest BCUT2D eigenvalue weighted by Gasteiger charge is 2.53. The Morgan fingerprint density at radius 3 is 2.48 bits per heavy atom. The minimum atomic E-state index is -2.16. The highest BCUT2D eigenvalue weighted by atomic mass is 28.4. The molecule has 1 amide bonds. The summed E-state index contributed by atoms with van der Waals surface area (Å²) < 4.78 is 6.50. The van der Waals surface area contributed by atoms with E-state index in [2.05, 4.69) is 39.2 Å². The fourth-order valence-electron chi connectivity index (χ4n) is 2.44. The molecule has 1 aliphatic rings. The zero-order valence-electron chi connectivity index (χ0n) is 13.5. The average molecular weight is 307 g/mol. The SMILES string of the molecule is CC(C)(C)[Si](C)(C)O[C@@]1(CCO)C(=O)Nc2ccccc21. The summed E-state index contributed by atoms with van der Waals surface area (Å²) in [6.07, 6.45) is 0.280. The lowest BCUT2D eigenvalue weighted by molar-refractivity contribution is -0.133. The third-order valence-corrected chi connectivity index (χ3v) is 9.15. The third-order valence-electron chi connectivity index (χ3n) is 4.68. The second kappa shape index (κ2) is 5.23. The maximum Gasteiger partial charge on any atom is 0.260 e. The minimum Gasteiger partial charge on any atom is -0.399 e. The summed E-state index contributed by atoms with van der Waals surface area (Å²) in [5.74, 6) is -0.164. The summed E-state index contributed by atoms with van der Waals surface area (Å²) in [6.45, 7) is 10.6. The van der Waals surface area contributed by atoms with Crippen molar-refractivity contribution in [2.24, 2.45) is 0 Å². The molecule has 21 heavy (non-hydrogen) atoms. The van der Waals surface area contributed by atoms with Crippen molar-refractivity contribution in [2.75, 3.05) is 11.9 Å². The summed E-state index contributed by atoms with van der Waals surface area (Å²) in [4.78, 5) is 12.6. The van der Waals surface area contributed by atoms with Gasteiger partial charge < -0.3 is 14.8 Å². The standard InChI is InChI=1S/C16H25NO3Si/c1-15(2,3)21(4,5)20-16(10-11-18)12-8-6-7-9-13(12)17-14(16)19/h6-9,18H,10-11H2,1-5H3,(H,17,19)/t16-/m1/s1. The topological polar surface area (TPSA) is 58.6 Å². The molecule has 0 bridgehead atoms. The highest BCUT2D eigenvalue weighted by molar-refractivity contribution is 6.74. The Kier molecular flexibility index (Phi) is 4.03. The zero-order valence-corrected chi connectivity index (χ0v) is 14.5. The van der Waals surface area contributed by atoms with E-state index in [0.717, 1.165) is 11.3 Å². The van der Waals surface area contributed by atoms with E-state index in [0.29, 0.717) is 0 Å². The van der Waals surface area contributed by atoms with Gasteiger partial charge in [0.25, 0.3) is 5.91 Å². The Morgan fingerprint density at radius 1 is 1.29 bits per heavy atom. The van der Waals surface area contributed by atoms with Gasteiger partial charge in [-0.15, -0.1) is 0 Å². The molecule has 0 unspecified atom stereocenters. The van der Waals surface area contributed by atoms with Crippen molar-refractivity contribution in [1.29, 1.82) is 0 Å². The molecule has 2 rings (SSSR count). The van der Waals surface area contributed by atoms with Gasteiger partial charge in [-0.05, 0) is 24.2 Å². The van der Waals surface area contributed by atoms with Crippen molar-refractivity contribution < 1.29 is 14.3 Å².